The molecule has 1 unspecified atom stereocenters. The maximum Gasteiger partial charge on any atom is 0.350 e. The molecule has 2 fully saturated rings. The van der Waals surface area contributed by atoms with Crippen LogP contribution in [0.3, 0.4) is 0 Å². The number of hydrogen-bond acceptors (Lipinski definition) is 6. The van der Waals surface area contributed by atoms with Crippen molar-refractivity contribution < 1.29 is 27.0 Å². The topological polar surface area (TPSA) is 79.1 Å². The zero-order chi connectivity index (χ0) is 28.1. The van der Waals surface area contributed by atoms with E-state index in [0.717, 1.165) is 16.1 Å². The van der Waals surface area contributed by atoms with Crippen molar-refractivity contribution in [1.82, 2.24) is 19.5 Å². The van der Waals surface area contributed by atoms with Crippen molar-refractivity contribution in [2.24, 2.45) is 11.8 Å². The third-order valence-corrected chi connectivity index (χ3v) is 6.83. The summed E-state index contributed by atoms with van der Waals surface area (Å²) in [6.45, 7) is 13.6. The minimum Gasteiger partial charge on any atom is -0.369 e. The van der Waals surface area contributed by atoms with Gasteiger partial charge in [0.05, 0.1) is 18.1 Å². The molecule has 4 heterocycles. The van der Waals surface area contributed by atoms with E-state index in [2.05, 4.69) is 15.0 Å². The molecule has 0 bridgehead atoms. The lowest BCUT2D eigenvalue weighted by atomic mass is 9.96. The average molecular weight is 531 g/mol. The monoisotopic (exact) mass is 530 g/mol. The van der Waals surface area contributed by atoms with E-state index >= 15 is 0 Å². The van der Waals surface area contributed by atoms with Gasteiger partial charge in [-0.25, -0.2) is 32.3 Å². The van der Waals surface area contributed by atoms with Crippen LogP contribution in [-0.4, -0.2) is 49.7 Å². The lowest BCUT2D eigenvalue weighted by Crippen LogP contribution is -2.37. The molecule has 0 amide bonds. The minimum atomic E-state index is -3.07. The van der Waals surface area contributed by atoms with Crippen LogP contribution >= 0.6 is 0 Å². The van der Waals surface area contributed by atoms with Crippen LogP contribution in [0.15, 0.2) is 29.3 Å². The molecule has 2 aliphatic rings. The van der Waals surface area contributed by atoms with Crippen LogP contribution in [0.25, 0.3) is 0 Å². The van der Waals surface area contributed by atoms with Gasteiger partial charge in [0.25, 0.3) is 11.8 Å². The van der Waals surface area contributed by atoms with Crippen molar-refractivity contribution in [3.05, 3.63) is 52.2 Å². The van der Waals surface area contributed by atoms with Crippen LogP contribution < -0.4 is 5.69 Å². The molecule has 2 aromatic rings. The first-order valence-corrected chi connectivity index (χ1v) is 12.5. The highest BCUT2D eigenvalue weighted by molar-refractivity contribution is 5.00. The van der Waals surface area contributed by atoms with Gasteiger partial charge < -0.3 is 9.47 Å². The Hall–Kier alpha value is -2.40. The minimum absolute atomic E-state index is 0.264. The summed E-state index contributed by atoms with van der Waals surface area (Å²) in [5.74, 6) is -6.42. The van der Waals surface area contributed by atoms with Gasteiger partial charge in [0, 0.05) is 29.7 Å². The van der Waals surface area contributed by atoms with Gasteiger partial charge in [-0.15, -0.1) is 0 Å². The van der Waals surface area contributed by atoms with Gasteiger partial charge in [0.1, 0.15) is 11.9 Å². The first-order valence-electron chi connectivity index (χ1n) is 12.5. The van der Waals surface area contributed by atoms with Crippen molar-refractivity contribution in [3.63, 3.8) is 0 Å². The smallest absolute Gasteiger partial charge is 0.350 e. The predicted octanol–water partition coefficient (Wildman–Crippen LogP) is 5.68. The van der Waals surface area contributed by atoms with Crippen LogP contribution in [0.4, 0.5) is 17.6 Å². The molecule has 4 rings (SSSR count). The fourth-order valence-corrected chi connectivity index (χ4v) is 4.34. The maximum absolute atomic E-state index is 14.1. The van der Waals surface area contributed by atoms with Gasteiger partial charge in [-0.1, -0.05) is 27.7 Å². The second kappa shape index (κ2) is 12.4. The molecule has 208 valence electrons. The zero-order valence-corrected chi connectivity index (χ0v) is 22.7. The Morgan fingerprint density at radius 2 is 1.41 bits per heavy atom. The molecule has 0 N–H and O–H groups in total. The quantitative estimate of drug-likeness (QED) is 0.475. The maximum atomic E-state index is 14.1. The molecule has 0 aromatic carbocycles. The average Bonchev–Trinajstić information content (AvgIpc) is 3.17. The Morgan fingerprint density at radius 3 is 1.78 bits per heavy atom. The van der Waals surface area contributed by atoms with E-state index in [0.29, 0.717) is 18.5 Å². The largest absolute Gasteiger partial charge is 0.369 e. The zero-order valence-electron chi connectivity index (χ0n) is 22.7. The number of hydrogen-bond donors (Lipinski definition) is 0. The van der Waals surface area contributed by atoms with Crippen molar-refractivity contribution in [3.8, 4) is 0 Å². The fraction of sp³-hybridized carbons (Fsp3) is 0.692. The third-order valence-electron chi connectivity index (χ3n) is 6.83. The summed E-state index contributed by atoms with van der Waals surface area (Å²) in [6.07, 6.45) is 0.951. The fourth-order valence-electron chi connectivity index (χ4n) is 4.34. The van der Waals surface area contributed by atoms with Gasteiger partial charge in [-0.2, -0.15) is 4.98 Å². The van der Waals surface area contributed by atoms with Crippen LogP contribution in [-0.2, 0) is 9.47 Å². The molecular weight excluding hydrogens is 492 g/mol. The summed E-state index contributed by atoms with van der Waals surface area (Å²) in [5.41, 5.74) is 0.818. The van der Waals surface area contributed by atoms with Crippen molar-refractivity contribution >= 4 is 0 Å². The Labute approximate surface area is 215 Å². The van der Waals surface area contributed by atoms with Crippen LogP contribution in [0, 0.1) is 32.6 Å². The SMILES string of the molecule is CC[C@H]1OC(C)C(F)(F)[C@H]1C.CC[C@H]1O[C@@H](n2ccc(C)nc2=O)C(F)(F)[C@H]1C.Cc1ccnc(C)n1. The summed E-state index contributed by atoms with van der Waals surface area (Å²) in [6, 6.07) is 3.40. The van der Waals surface area contributed by atoms with E-state index in [-0.39, 0.29) is 6.10 Å². The highest BCUT2D eigenvalue weighted by Gasteiger charge is 2.57. The second-order valence-electron chi connectivity index (χ2n) is 9.59. The summed E-state index contributed by atoms with van der Waals surface area (Å²) in [4.78, 5) is 23.3. The molecule has 6 atom stereocenters. The molecule has 2 aromatic heterocycles. The van der Waals surface area contributed by atoms with Gasteiger partial charge in [0.2, 0.25) is 6.23 Å². The molecule has 0 aliphatic carbocycles. The van der Waals surface area contributed by atoms with E-state index in [9.17, 15) is 22.4 Å². The van der Waals surface area contributed by atoms with Crippen molar-refractivity contribution in [1.29, 1.82) is 0 Å². The molecule has 37 heavy (non-hydrogen) atoms. The molecule has 0 radical (unpaired) electrons. The van der Waals surface area contributed by atoms with Crippen molar-refractivity contribution in [2.45, 2.75) is 105 Å². The first kappa shape index (κ1) is 30.8. The predicted molar refractivity (Wildman–Crippen MR) is 132 cm³/mol. The molecular formula is C26H38F4N4O3. The highest BCUT2D eigenvalue weighted by atomic mass is 19.3. The van der Waals surface area contributed by atoms with Gasteiger partial charge >= 0.3 is 5.69 Å². The Bertz CT molecular complexity index is 1060. The van der Waals surface area contributed by atoms with Gasteiger partial charge in [0.15, 0.2) is 0 Å². The Morgan fingerprint density at radius 1 is 0.865 bits per heavy atom. The summed E-state index contributed by atoms with van der Waals surface area (Å²) >= 11 is 0. The molecule has 11 heteroatoms. The highest BCUT2D eigenvalue weighted by Crippen LogP contribution is 2.47. The van der Waals surface area contributed by atoms with E-state index in [1.54, 1.807) is 27.0 Å². The van der Waals surface area contributed by atoms with E-state index in [1.807, 2.05) is 26.8 Å². The molecule has 2 saturated heterocycles. The second-order valence-corrected chi connectivity index (χ2v) is 9.59. The first-order chi connectivity index (χ1) is 17.2. The number of aryl methyl sites for hydroxylation is 3. The molecule has 2 aliphatic heterocycles. The lowest BCUT2D eigenvalue weighted by molar-refractivity contribution is -0.125. The summed E-state index contributed by atoms with van der Waals surface area (Å²) < 4.78 is 65.6. The molecule has 0 spiro atoms. The Balaban J connectivity index is 0.000000215. The van der Waals surface area contributed by atoms with E-state index in [4.69, 9.17) is 9.47 Å². The lowest BCUT2D eigenvalue weighted by Gasteiger charge is -2.21. The number of nitrogens with zero attached hydrogens (tertiary/aromatic N) is 4. The van der Waals surface area contributed by atoms with E-state index < -0.39 is 47.8 Å². The van der Waals surface area contributed by atoms with Crippen LogP contribution in [0.5, 0.6) is 0 Å². The molecule has 0 saturated carbocycles. The van der Waals surface area contributed by atoms with Crippen LogP contribution in [0.2, 0.25) is 0 Å². The summed E-state index contributed by atoms with van der Waals surface area (Å²) in [7, 11) is 0. The van der Waals surface area contributed by atoms with Crippen molar-refractivity contribution in [2.75, 3.05) is 0 Å². The van der Waals surface area contributed by atoms with Gasteiger partial charge in [-0.3, -0.25) is 4.57 Å². The van der Waals surface area contributed by atoms with E-state index in [1.165, 1.54) is 26.1 Å². The van der Waals surface area contributed by atoms with Gasteiger partial charge in [-0.05, 0) is 52.7 Å². The standard InChI is InChI=1S/C12H16F2N2O2.C8H14F2O.C6H8N2/c1-4-9-8(3)12(13,14)10(18-9)16-6-5-7(2)15-11(16)17;1-4-7-5(2)8(9,10)6(3)11-7;1-5-3-4-7-6(2)8-5/h5-6,8-10H,4H2,1-3H3;5-7H,4H2,1-3H3;3-4H,1-2H3/t8-,9+,10+;5-,6?,7+;/m00./s1. The number of ether oxygens (including phenoxy) is 2. The number of aromatic nitrogens is 4. The van der Waals surface area contributed by atoms with Crippen LogP contribution in [0.1, 0.15) is 70.9 Å². The Kier molecular flexibility index (Phi) is 10.4. The number of alkyl halides is 4. The summed E-state index contributed by atoms with van der Waals surface area (Å²) in [5, 5.41) is 0. The normalized spacial score (nSPS) is 29.6. The number of halogens is 4. The number of rotatable bonds is 3. The third kappa shape index (κ3) is 7.13. The molecule has 7 nitrogen and oxygen atoms in total.